The van der Waals surface area contributed by atoms with Gasteiger partial charge in [0.15, 0.2) is 5.43 Å². The third-order valence-corrected chi connectivity index (χ3v) is 2.82. The first-order valence-electron chi connectivity index (χ1n) is 3.34. The van der Waals surface area contributed by atoms with Gasteiger partial charge in [-0.05, 0) is 6.07 Å². The topological polar surface area (TPSA) is 30.0 Å². The molecule has 0 unspecified atom stereocenters. The summed E-state index contributed by atoms with van der Waals surface area (Å²) < 4.78 is 1.67. The van der Waals surface area contributed by atoms with Crippen molar-refractivity contribution >= 4 is 34.1 Å². The van der Waals surface area contributed by atoms with Gasteiger partial charge in [-0.25, -0.2) is 0 Å². The molecule has 0 amide bonds. The van der Waals surface area contributed by atoms with Crippen LogP contribution in [0, 0.1) is 0 Å². The lowest BCUT2D eigenvalue weighted by Gasteiger charge is -1.94. The lowest BCUT2D eigenvalue weighted by Crippen LogP contribution is -1.97. The Balaban J connectivity index is 2.99. The van der Waals surface area contributed by atoms with Crippen molar-refractivity contribution in [3.63, 3.8) is 0 Å². The Morgan fingerprint density at radius 3 is 3.17 bits per heavy atom. The zero-order valence-corrected chi connectivity index (χ0v) is 7.73. The molecule has 0 aliphatic heterocycles. The van der Waals surface area contributed by atoms with E-state index >= 15 is 0 Å². The van der Waals surface area contributed by atoms with Gasteiger partial charge in [-0.2, -0.15) is 0 Å². The van der Waals surface area contributed by atoms with Crippen molar-refractivity contribution in [2.75, 3.05) is 0 Å². The maximum Gasteiger partial charge on any atom is 0.190 e. The lowest BCUT2D eigenvalue weighted by molar-refractivity contribution is 1.36. The molecule has 2 aromatic rings. The molecule has 0 aliphatic rings. The van der Waals surface area contributed by atoms with Crippen LogP contribution in [-0.4, -0.2) is 4.98 Å². The molecule has 12 heavy (non-hydrogen) atoms. The van der Waals surface area contributed by atoms with Gasteiger partial charge in [0.2, 0.25) is 0 Å². The molecular formula is C8H5NOS2. The summed E-state index contributed by atoms with van der Waals surface area (Å²) in [6.45, 7) is 0. The van der Waals surface area contributed by atoms with Gasteiger partial charge in [-0.15, -0.1) is 24.0 Å². The van der Waals surface area contributed by atoms with E-state index in [0.29, 0.717) is 5.39 Å². The van der Waals surface area contributed by atoms with Crippen LogP contribution < -0.4 is 5.43 Å². The van der Waals surface area contributed by atoms with E-state index in [1.54, 1.807) is 12.4 Å². The van der Waals surface area contributed by atoms with Gasteiger partial charge in [-0.3, -0.25) is 9.78 Å². The molecule has 0 saturated heterocycles. The molecule has 4 heteroatoms. The molecule has 0 aliphatic carbocycles. The van der Waals surface area contributed by atoms with Gasteiger partial charge in [-0.1, -0.05) is 0 Å². The zero-order chi connectivity index (χ0) is 8.55. The van der Waals surface area contributed by atoms with Gasteiger partial charge in [0.25, 0.3) is 0 Å². The van der Waals surface area contributed by atoms with E-state index in [4.69, 9.17) is 0 Å². The fourth-order valence-electron chi connectivity index (χ4n) is 0.988. The quantitative estimate of drug-likeness (QED) is 0.651. The van der Waals surface area contributed by atoms with Crippen molar-refractivity contribution in [1.82, 2.24) is 4.98 Å². The van der Waals surface area contributed by atoms with E-state index in [9.17, 15) is 4.79 Å². The lowest BCUT2D eigenvalue weighted by atomic mass is 10.3. The van der Waals surface area contributed by atoms with E-state index in [0.717, 1.165) is 8.91 Å². The van der Waals surface area contributed by atoms with E-state index < -0.39 is 0 Å². The van der Waals surface area contributed by atoms with Crippen molar-refractivity contribution in [1.29, 1.82) is 0 Å². The molecule has 0 spiro atoms. The number of hydrogen-bond donors (Lipinski definition) is 1. The molecule has 0 bridgehead atoms. The summed E-state index contributed by atoms with van der Waals surface area (Å²) in [5.41, 5.74) is -0.0122. The molecule has 2 heterocycles. The van der Waals surface area contributed by atoms with Crippen molar-refractivity contribution in [2.24, 2.45) is 0 Å². The summed E-state index contributed by atoms with van der Waals surface area (Å²) in [7, 11) is 0. The highest BCUT2D eigenvalue weighted by Gasteiger charge is 1.98. The number of thiol groups is 1. The average molecular weight is 195 g/mol. The predicted octanol–water partition coefficient (Wildman–Crippen LogP) is 1.95. The number of aromatic nitrogens is 1. The number of pyridine rings is 1. The van der Waals surface area contributed by atoms with Gasteiger partial charge < -0.3 is 0 Å². The van der Waals surface area contributed by atoms with Crippen LogP contribution >= 0.6 is 24.0 Å². The summed E-state index contributed by atoms with van der Waals surface area (Å²) in [6.07, 6.45) is 3.26. The molecule has 0 radical (unpaired) electrons. The number of rotatable bonds is 0. The molecule has 0 fully saturated rings. The van der Waals surface area contributed by atoms with Crippen molar-refractivity contribution in [3.05, 3.63) is 34.7 Å². The third-order valence-electron chi connectivity index (χ3n) is 1.52. The number of hydrogen-bond acceptors (Lipinski definition) is 4. The molecule has 0 N–H and O–H groups in total. The molecule has 2 rings (SSSR count). The Labute approximate surface area is 78.3 Å². The second-order valence-corrected chi connectivity index (χ2v) is 4.19. The minimum Gasteiger partial charge on any atom is -0.289 e. The SMILES string of the molecule is O=c1cc(S)sc2ccncc12. The molecule has 60 valence electrons. The highest BCUT2D eigenvalue weighted by molar-refractivity contribution is 7.83. The van der Waals surface area contributed by atoms with E-state index in [1.165, 1.54) is 17.4 Å². The van der Waals surface area contributed by atoms with Crippen molar-refractivity contribution in [3.8, 4) is 0 Å². The van der Waals surface area contributed by atoms with Crippen LogP contribution in [-0.2, 0) is 0 Å². The van der Waals surface area contributed by atoms with Crippen LogP contribution in [0.25, 0.3) is 10.1 Å². The second kappa shape index (κ2) is 2.88. The second-order valence-electron chi connectivity index (χ2n) is 2.32. The van der Waals surface area contributed by atoms with Crippen LogP contribution in [0.3, 0.4) is 0 Å². The molecular weight excluding hydrogens is 190 g/mol. The van der Waals surface area contributed by atoms with Crippen LogP contribution in [0.2, 0.25) is 0 Å². The minimum absolute atomic E-state index is 0.0122. The van der Waals surface area contributed by atoms with Gasteiger partial charge in [0, 0.05) is 23.2 Å². The summed E-state index contributed by atoms with van der Waals surface area (Å²) in [4.78, 5) is 15.2. The maximum atomic E-state index is 11.3. The van der Waals surface area contributed by atoms with Gasteiger partial charge >= 0.3 is 0 Å². The maximum absolute atomic E-state index is 11.3. The highest BCUT2D eigenvalue weighted by atomic mass is 32.2. The van der Waals surface area contributed by atoms with Crippen LogP contribution in [0.5, 0.6) is 0 Å². The Morgan fingerprint density at radius 1 is 1.50 bits per heavy atom. The standard InChI is InChI=1S/C8H5NOS2/c10-6-3-8(11)12-7-1-2-9-4-5(6)7/h1-4,11H. The first kappa shape index (κ1) is 7.76. The highest BCUT2D eigenvalue weighted by Crippen LogP contribution is 2.19. The molecule has 2 aromatic heterocycles. The van der Waals surface area contributed by atoms with Crippen LogP contribution in [0.15, 0.2) is 33.5 Å². The molecule has 0 atom stereocenters. The zero-order valence-electron chi connectivity index (χ0n) is 6.02. The number of nitrogens with zero attached hydrogens (tertiary/aromatic N) is 1. The van der Waals surface area contributed by atoms with Crippen LogP contribution in [0.1, 0.15) is 0 Å². The van der Waals surface area contributed by atoms with Gasteiger partial charge in [0.05, 0.1) is 9.60 Å². The monoisotopic (exact) mass is 195 g/mol. The van der Waals surface area contributed by atoms with Gasteiger partial charge in [0.1, 0.15) is 0 Å². The van der Waals surface area contributed by atoms with Crippen molar-refractivity contribution in [2.45, 2.75) is 4.21 Å². The van der Waals surface area contributed by atoms with E-state index in [1.807, 2.05) is 6.07 Å². The van der Waals surface area contributed by atoms with Crippen LogP contribution in [0.4, 0.5) is 0 Å². The largest absolute Gasteiger partial charge is 0.289 e. The Bertz CT molecular complexity index is 478. The normalized spacial score (nSPS) is 10.4. The van der Waals surface area contributed by atoms with E-state index in [-0.39, 0.29) is 5.43 Å². The smallest absolute Gasteiger partial charge is 0.190 e. The van der Waals surface area contributed by atoms with Crippen molar-refractivity contribution < 1.29 is 0 Å². The third kappa shape index (κ3) is 1.23. The fourth-order valence-corrected chi connectivity index (χ4v) is 2.18. The Morgan fingerprint density at radius 2 is 2.33 bits per heavy atom. The minimum atomic E-state index is -0.0122. The Kier molecular flexibility index (Phi) is 1.86. The summed E-state index contributed by atoms with van der Waals surface area (Å²) in [6, 6.07) is 3.33. The summed E-state index contributed by atoms with van der Waals surface area (Å²) >= 11 is 5.61. The number of fused-ring (bicyclic) bond motifs is 1. The summed E-state index contributed by atoms with van der Waals surface area (Å²) in [5.74, 6) is 0. The molecule has 0 saturated carbocycles. The first-order chi connectivity index (χ1) is 5.77. The fraction of sp³-hybridized carbons (Fsp3) is 0. The molecule has 2 nitrogen and oxygen atoms in total. The molecule has 0 aromatic carbocycles. The summed E-state index contributed by atoms with van der Waals surface area (Å²) in [5, 5.41) is 0.667. The first-order valence-corrected chi connectivity index (χ1v) is 4.60. The predicted molar refractivity (Wildman–Crippen MR) is 53.1 cm³/mol. The van der Waals surface area contributed by atoms with E-state index in [2.05, 4.69) is 17.6 Å². The Hall–Kier alpha value is -0.870. The average Bonchev–Trinajstić information content (AvgIpc) is 2.04.